The van der Waals surface area contributed by atoms with E-state index < -0.39 is 10.0 Å². The zero-order chi connectivity index (χ0) is 13.2. The van der Waals surface area contributed by atoms with Crippen LogP contribution >= 0.6 is 0 Å². The average molecular weight is 277 g/mol. The van der Waals surface area contributed by atoms with Gasteiger partial charge in [-0.2, -0.15) is 0 Å². The maximum Gasteiger partial charge on any atom is 0.208 e. The maximum atomic E-state index is 11.2. The van der Waals surface area contributed by atoms with Crippen molar-refractivity contribution in [1.82, 2.24) is 4.72 Å². The molecule has 5 nitrogen and oxygen atoms in total. The van der Waals surface area contributed by atoms with Crippen molar-refractivity contribution < 1.29 is 17.9 Å². The summed E-state index contributed by atoms with van der Waals surface area (Å²) in [5.74, 6) is 1.26. The molecule has 4 atom stereocenters. The Bertz CT molecular complexity index is 370. The van der Waals surface area contributed by atoms with Crippen LogP contribution in [0.15, 0.2) is 0 Å². The normalized spacial score (nSPS) is 36.6. The Morgan fingerprint density at radius 2 is 1.89 bits per heavy atom. The molecule has 0 saturated heterocycles. The van der Waals surface area contributed by atoms with Gasteiger partial charge in [-0.05, 0) is 43.9 Å². The van der Waals surface area contributed by atoms with Crippen LogP contribution in [0.25, 0.3) is 0 Å². The second-order valence-electron chi connectivity index (χ2n) is 5.59. The van der Waals surface area contributed by atoms with Gasteiger partial charge in [-0.3, -0.25) is 0 Å². The van der Waals surface area contributed by atoms with Gasteiger partial charge in [-0.25, -0.2) is 13.1 Å². The van der Waals surface area contributed by atoms with E-state index in [1.54, 1.807) is 7.11 Å². The molecular formula is C12H23NO4S. The minimum Gasteiger partial charge on any atom is -0.359 e. The van der Waals surface area contributed by atoms with Gasteiger partial charge in [0.2, 0.25) is 10.0 Å². The minimum absolute atomic E-state index is 0.121. The van der Waals surface area contributed by atoms with Crippen molar-refractivity contribution in [3.05, 3.63) is 0 Å². The fourth-order valence-electron chi connectivity index (χ4n) is 3.42. The van der Waals surface area contributed by atoms with Crippen LogP contribution in [0.2, 0.25) is 0 Å². The molecule has 2 aliphatic carbocycles. The quantitative estimate of drug-likeness (QED) is 0.764. The average Bonchev–Trinajstić information content (AvgIpc) is 2.64. The first-order valence-corrected chi connectivity index (χ1v) is 8.45. The van der Waals surface area contributed by atoms with Crippen molar-refractivity contribution in [1.29, 1.82) is 0 Å². The largest absolute Gasteiger partial charge is 0.359 e. The molecule has 0 amide bonds. The molecule has 0 spiro atoms. The lowest BCUT2D eigenvalue weighted by Crippen LogP contribution is -2.32. The maximum absolute atomic E-state index is 11.2. The number of methoxy groups -OCH3 is 1. The number of hydrogen-bond acceptors (Lipinski definition) is 4. The molecule has 2 fully saturated rings. The molecule has 2 rings (SSSR count). The standard InChI is InChI=1S/C12H23NO4S/c1-16-8-17-12-4-3-9-5-11(6-10(9)7-12)13-18(2,14)15/h9-13H,3-8H2,1-2H3/t9-,10?,11+,12+/m0/s1. The summed E-state index contributed by atoms with van der Waals surface area (Å²) >= 11 is 0. The molecular weight excluding hydrogens is 254 g/mol. The van der Waals surface area contributed by atoms with E-state index >= 15 is 0 Å². The van der Waals surface area contributed by atoms with Crippen molar-refractivity contribution in [2.75, 3.05) is 20.2 Å². The van der Waals surface area contributed by atoms with E-state index in [-0.39, 0.29) is 12.1 Å². The third kappa shape index (κ3) is 3.91. The molecule has 106 valence electrons. The molecule has 6 heteroatoms. The molecule has 0 bridgehead atoms. The summed E-state index contributed by atoms with van der Waals surface area (Å²) in [6, 6.07) is 0.121. The molecule has 18 heavy (non-hydrogen) atoms. The van der Waals surface area contributed by atoms with Gasteiger partial charge in [0.25, 0.3) is 0 Å². The van der Waals surface area contributed by atoms with E-state index in [4.69, 9.17) is 9.47 Å². The molecule has 2 aliphatic rings. The number of nitrogens with one attached hydrogen (secondary N) is 1. The van der Waals surface area contributed by atoms with Crippen LogP contribution in [0.5, 0.6) is 0 Å². The van der Waals surface area contributed by atoms with Crippen LogP contribution in [0.4, 0.5) is 0 Å². The van der Waals surface area contributed by atoms with Gasteiger partial charge in [-0.15, -0.1) is 0 Å². The summed E-state index contributed by atoms with van der Waals surface area (Å²) in [5, 5.41) is 0. The van der Waals surface area contributed by atoms with E-state index in [1.807, 2.05) is 0 Å². The summed E-state index contributed by atoms with van der Waals surface area (Å²) in [5.41, 5.74) is 0. The third-order valence-corrected chi connectivity index (χ3v) is 4.83. The van der Waals surface area contributed by atoms with E-state index in [0.717, 1.165) is 32.1 Å². The topological polar surface area (TPSA) is 64.6 Å². The molecule has 0 heterocycles. The lowest BCUT2D eigenvalue weighted by atomic mass is 9.80. The van der Waals surface area contributed by atoms with Gasteiger partial charge >= 0.3 is 0 Å². The van der Waals surface area contributed by atoms with Crippen molar-refractivity contribution in [2.24, 2.45) is 11.8 Å². The lowest BCUT2D eigenvalue weighted by molar-refractivity contribution is -0.0921. The number of fused-ring (bicyclic) bond motifs is 1. The summed E-state index contributed by atoms with van der Waals surface area (Å²) < 4.78 is 35.8. The van der Waals surface area contributed by atoms with Crippen LogP contribution in [0.1, 0.15) is 32.1 Å². The first-order chi connectivity index (χ1) is 8.48. The highest BCUT2D eigenvalue weighted by Crippen LogP contribution is 2.43. The van der Waals surface area contributed by atoms with Gasteiger partial charge in [0.1, 0.15) is 6.79 Å². The Hall–Kier alpha value is -0.170. The molecule has 0 radical (unpaired) electrons. The number of rotatable bonds is 5. The monoisotopic (exact) mass is 277 g/mol. The lowest BCUT2D eigenvalue weighted by Gasteiger charge is -2.31. The Kier molecular flexibility index (Phi) is 4.64. The fraction of sp³-hybridized carbons (Fsp3) is 1.00. The first-order valence-electron chi connectivity index (χ1n) is 6.56. The van der Waals surface area contributed by atoms with Crippen LogP contribution in [0, 0.1) is 11.8 Å². The van der Waals surface area contributed by atoms with Gasteiger partial charge in [0.15, 0.2) is 0 Å². The highest BCUT2D eigenvalue weighted by Gasteiger charge is 2.39. The van der Waals surface area contributed by atoms with Gasteiger partial charge in [0, 0.05) is 13.2 Å². The van der Waals surface area contributed by atoms with E-state index in [2.05, 4.69) is 4.72 Å². The SMILES string of the molecule is COCO[C@@H]1CC[C@H]2C[C@@H](NS(C)(=O)=O)CC2C1. The van der Waals surface area contributed by atoms with Crippen LogP contribution in [0.3, 0.4) is 0 Å². The third-order valence-electron chi connectivity index (χ3n) is 4.07. The Morgan fingerprint density at radius 3 is 2.56 bits per heavy atom. The zero-order valence-corrected chi connectivity index (χ0v) is 11.9. The predicted octanol–water partition coefficient (Wildman–Crippen LogP) is 1.10. The summed E-state index contributed by atoms with van der Waals surface area (Å²) in [6.07, 6.45) is 6.69. The van der Waals surface area contributed by atoms with Gasteiger partial charge in [-0.1, -0.05) is 0 Å². The fourth-order valence-corrected chi connectivity index (χ4v) is 4.22. The van der Waals surface area contributed by atoms with Gasteiger partial charge < -0.3 is 9.47 Å². The van der Waals surface area contributed by atoms with E-state index in [0.29, 0.717) is 18.6 Å². The predicted molar refractivity (Wildman–Crippen MR) is 68.6 cm³/mol. The summed E-state index contributed by atoms with van der Waals surface area (Å²) in [4.78, 5) is 0. The van der Waals surface area contributed by atoms with Crippen molar-refractivity contribution in [3.8, 4) is 0 Å². The highest BCUT2D eigenvalue weighted by molar-refractivity contribution is 7.88. The second-order valence-corrected chi connectivity index (χ2v) is 7.37. The minimum atomic E-state index is -3.08. The van der Waals surface area contributed by atoms with Crippen LogP contribution in [-0.4, -0.2) is 40.7 Å². The molecule has 1 unspecified atom stereocenters. The molecule has 1 N–H and O–H groups in total. The Balaban J connectivity index is 1.83. The number of ether oxygens (including phenoxy) is 2. The van der Waals surface area contributed by atoms with Crippen molar-refractivity contribution in [2.45, 2.75) is 44.2 Å². The van der Waals surface area contributed by atoms with Crippen molar-refractivity contribution >= 4 is 10.0 Å². The zero-order valence-electron chi connectivity index (χ0n) is 11.1. The second kappa shape index (κ2) is 5.86. The Morgan fingerprint density at radius 1 is 1.17 bits per heavy atom. The van der Waals surface area contributed by atoms with Crippen LogP contribution < -0.4 is 4.72 Å². The van der Waals surface area contributed by atoms with E-state index in [9.17, 15) is 8.42 Å². The van der Waals surface area contributed by atoms with Gasteiger partial charge in [0.05, 0.1) is 12.4 Å². The molecule has 0 aliphatic heterocycles. The summed E-state index contributed by atoms with van der Waals surface area (Å²) in [6.45, 7) is 0.354. The Labute approximate surface area is 109 Å². The molecule has 0 aromatic rings. The molecule has 0 aromatic carbocycles. The number of sulfonamides is 1. The van der Waals surface area contributed by atoms with Crippen molar-refractivity contribution in [3.63, 3.8) is 0 Å². The number of hydrogen-bond donors (Lipinski definition) is 1. The molecule has 0 aromatic heterocycles. The molecule has 2 saturated carbocycles. The summed E-state index contributed by atoms with van der Waals surface area (Å²) in [7, 11) is -1.45. The first kappa shape index (κ1) is 14.2. The van der Waals surface area contributed by atoms with E-state index in [1.165, 1.54) is 6.26 Å². The highest BCUT2D eigenvalue weighted by atomic mass is 32.2. The van der Waals surface area contributed by atoms with Crippen LogP contribution in [-0.2, 0) is 19.5 Å². The smallest absolute Gasteiger partial charge is 0.208 e.